The van der Waals surface area contributed by atoms with Crippen molar-refractivity contribution in [3.63, 3.8) is 0 Å². The molecule has 2 aromatic rings. The fourth-order valence-electron chi connectivity index (χ4n) is 1.43. The van der Waals surface area contributed by atoms with Gasteiger partial charge in [0.1, 0.15) is 10.7 Å². The van der Waals surface area contributed by atoms with Crippen molar-refractivity contribution in [2.24, 2.45) is 7.05 Å². The third-order valence-electron chi connectivity index (χ3n) is 2.48. The van der Waals surface area contributed by atoms with Gasteiger partial charge in [0.05, 0.1) is 0 Å². The molecule has 0 saturated heterocycles. The van der Waals surface area contributed by atoms with Crippen LogP contribution >= 0.6 is 0 Å². The van der Waals surface area contributed by atoms with Crippen LogP contribution in [0.15, 0.2) is 35.5 Å². The number of aromatic nitrogens is 3. The number of pyridine rings is 1. The third-order valence-corrected chi connectivity index (χ3v) is 4.28. The number of aryl methyl sites for hydroxylation is 1. The molecule has 0 radical (unpaired) electrons. The summed E-state index contributed by atoms with van der Waals surface area (Å²) in [5.74, 6) is 1.19. The quantitative estimate of drug-likeness (QED) is 0.897. The summed E-state index contributed by atoms with van der Waals surface area (Å²) >= 11 is 0. The highest BCUT2D eigenvalue weighted by Crippen LogP contribution is 2.16. The van der Waals surface area contributed by atoms with Gasteiger partial charge in [-0.2, -0.15) is 5.10 Å². The lowest BCUT2D eigenvalue weighted by atomic mass is 10.4. The molecule has 0 unspecified atom stereocenters. The van der Waals surface area contributed by atoms with E-state index >= 15 is 0 Å². The largest absolute Gasteiger partial charge is 0.323 e. The van der Waals surface area contributed by atoms with Crippen LogP contribution in [0.25, 0.3) is 0 Å². The van der Waals surface area contributed by atoms with Crippen molar-refractivity contribution < 1.29 is 8.42 Å². The van der Waals surface area contributed by atoms with Crippen molar-refractivity contribution in [1.29, 1.82) is 0 Å². The highest BCUT2D eigenvalue weighted by Gasteiger charge is 2.17. The summed E-state index contributed by atoms with van der Waals surface area (Å²) in [6.45, 7) is 0. The number of hydrogen-bond acceptors (Lipinski definition) is 5. The van der Waals surface area contributed by atoms with Crippen LogP contribution < -0.4 is 5.32 Å². The predicted octanol–water partition coefficient (Wildman–Crippen LogP) is 0.809. The normalized spacial score (nSPS) is 11.8. The maximum Gasteiger partial charge on any atom is 0.244 e. The van der Waals surface area contributed by atoms with Gasteiger partial charge in [-0.3, -0.25) is 4.68 Å². The number of nitrogens with zero attached hydrogens (tertiary/aromatic N) is 4. The molecule has 2 aromatic heterocycles. The minimum Gasteiger partial charge on any atom is -0.323 e. The molecule has 2 heterocycles. The first kappa shape index (κ1) is 13.5. The Morgan fingerprint density at radius 2 is 1.95 bits per heavy atom. The summed E-state index contributed by atoms with van der Waals surface area (Å²) in [7, 11) is 1.33. The number of anilines is 2. The molecule has 0 saturated carbocycles. The molecule has 0 bridgehead atoms. The Kier molecular flexibility index (Phi) is 3.54. The fraction of sp³-hybridized carbons (Fsp3) is 0.273. The van der Waals surface area contributed by atoms with E-state index in [1.165, 1.54) is 26.4 Å². The molecule has 1 N–H and O–H groups in total. The van der Waals surface area contributed by atoms with Gasteiger partial charge in [-0.15, -0.1) is 0 Å². The average Bonchev–Trinajstić information content (AvgIpc) is 2.75. The summed E-state index contributed by atoms with van der Waals surface area (Å²) in [6.07, 6.45) is 3.12. The van der Waals surface area contributed by atoms with E-state index in [0.29, 0.717) is 11.6 Å². The second-order valence-corrected chi connectivity index (χ2v) is 6.32. The Labute approximate surface area is 111 Å². The first-order valence-electron chi connectivity index (χ1n) is 5.55. The molecule has 19 heavy (non-hydrogen) atoms. The van der Waals surface area contributed by atoms with Gasteiger partial charge in [0.2, 0.25) is 10.0 Å². The van der Waals surface area contributed by atoms with Crippen molar-refractivity contribution in [3.8, 4) is 0 Å². The molecule has 0 aromatic carbocycles. The Morgan fingerprint density at radius 1 is 1.21 bits per heavy atom. The monoisotopic (exact) mass is 281 g/mol. The zero-order chi connectivity index (χ0) is 14.0. The van der Waals surface area contributed by atoms with Gasteiger partial charge >= 0.3 is 0 Å². The first-order valence-corrected chi connectivity index (χ1v) is 6.99. The Hall–Kier alpha value is -1.93. The highest BCUT2D eigenvalue weighted by atomic mass is 32.2. The van der Waals surface area contributed by atoms with Gasteiger partial charge < -0.3 is 5.32 Å². The number of rotatable bonds is 4. The lowest BCUT2D eigenvalue weighted by molar-refractivity contribution is 0.520. The van der Waals surface area contributed by atoms with Crippen molar-refractivity contribution in [2.75, 3.05) is 19.4 Å². The van der Waals surface area contributed by atoms with Crippen LogP contribution in [-0.2, 0) is 17.1 Å². The second-order valence-electron chi connectivity index (χ2n) is 4.17. The minimum absolute atomic E-state index is 0.157. The smallest absolute Gasteiger partial charge is 0.244 e. The standard InChI is InChI=1S/C11H15N5O2S/c1-15(2)19(17,18)9-4-5-10(12-8-9)13-11-6-7-16(3)14-11/h4-8H,1-3H3,(H,12,13,14). The Morgan fingerprint density at radius 3 is 2.42 bits per heavy atom. The average molecular weight is 281 g/mol. The fourth-order valence-corrected chi connectivity index (χ4v) is 2.28. The van der Waals surface area contributed by atoms with Crippen LogP contribution in [0.2, 0.25) is 0 Å². The molecule has 0 aliphatic carbocycles. The topological polar surface area (TPSA) is 80.1 Å². The van der Waals surface area contributed by atoms with Gasteiger partial charge in [-0.05, 0) is 12.1 Å². The first-order chi connectivity index (χ1) is 8.89. The Balaban J connectivity index is 2.19. The van der Waals surface area contributed by atoms with Crippen molar-refractivity contribution in [2.45, 2.75) is 4.90 Å². The summed E-state index contributed by atoms with van der Waals surface area (Å²) in [5, 5.41) is 7.13. The molecule has 0 aliphatic rings. The van der Waals surface area contributed by atoms with Crippen molar-refractivity contribution in [3.05, 3.63) is 30.6 Å². The molecular weight excluding hydrogens is 266 g/mol. The van der Waals surface area contributed by atoms with E-state index in [-0.39, 0.29) is 4.90 Å². The van der Waals surface area contributed by atoms with E-state index < -0.39 is 10.0 Å². The molecule has 0 amide bonds. The lowest BCUT2D eigenvalue weighted by Gasteiger charge is -2.11. The number of nitrogens with one attached hydrogen (secondary N) is 1. The van der Waals surface area contributed by atoms with Crippen molar-refractivity contribution in [1.82, 2.24) is 19.1 Å². The molecule has 8 heteroatoms. The molecule has 102 valence electrons. The van der Waals surface area contributed by atoms with E-state index in [2.05, 4.69) is 15.4 Å². The third kappa shape index (κ3) is 2.91. The zero-order valence-corrected chi connectivity index (χ0v) is 11.7. The number of sulfonamides is 1. The van der Waals surface area contributed by atoms with E-state index in [0.717, 1.165) is 4.31 Å². The highest BCUT2D eigenvalue weighted by molar-refractivity contribution is 7.89. The SMILES string of the molecule is CN(C)S(=O)(=O)c1ccc(Nc2ccn(C)n2)nc1. The van der Waals surface area contributed by atoms with Gasteiger partial charge in [0.25, 0.3) is 0 Å². The van der Waals surface area contributed by atoms with Crippen LogP contribution in [-0.4, -0.2) is 41.6 Å². The van der Waals surface area contributed by atoms with Gasteiger partial charge in [0.15, 0.2) is 5.82 Å². The second kappa shape index (κ2) is 4.98. The molecule has 0 aliphatic heterocycles. The van der Waals surface area contributed by atoms with Crippen LogP contribution in [0.1, 0.15) is 0 Å². The van der Waals surface area contributed by atoms with E-state index in [1.807, 2.05) is 7.05 Å². The van der Waals surface area contributed by atoms with Crippen LogP contribution in [0.4, 0.5) is 11.6 Å². The van der Waals surface area contributed by atoms with E-state index in [1.54, 1.807) is 23.0 Å². The number of hydrogen-bond donors (Lipinski definition) is 1. The maximum absolute atomic E-state index is 11.9. The molecule has 7 nitrogen and oxygen atoms in total. The van der Waals surface area contributed by atoms with Gasteiger partial charge in [-0.25, -0.2) is 17.7 Å². The summed E-state index contributed by atoms with van der Waals surface area (Å²) in [4.78, 5) is 4.22. The van der Waals surface area contributed by atoms with E-state index in [9.17, 15) is 8.42 Å². The zero-order valence-electron chi connectivity index (χ0n) is 10.9. The van der Waals surface area contributed by atoms with Gasteiger partial charge in [-0.1, -0.05) is 0 Å². The molecule has 2 rings (SSSR count). The molecule has 0 spiro atoms. The predicted molar refractivity (Wildman–Crippen MR) is 71.6 cm³/mol. The van der Waals surface area contributed by atoms with Crippen LogP contribution in [0.3, 0.4) is 0 Å². The van der Waals surface area contributed by atoms with Crippen LogP contribution in [0, 0.1) is 0 Å². The lowest BCUT2D eigenvalue weighted by Crippen LogP contribution is -2.22. The van der Waals surface area contributed by atoms with Crippen LogP contribution in [0.5, 0.6) is 0 Å². The van der Waals surface area contributed by atoms with Gasteiger partial charge in [0, 0.05) is 39.6 Å². The Bertz CT molecular complexity index is 661. The maximum atomic E-state index is 11.9. The summed E-state index contributed by atoms with van der Waals surface area (Å²) in [5.41, 5.74) is 0. The van der Waals surface area contributed by atoms with E-state index in [4.69, 9.17) is 0 Å². The minimum atomic E-state index is -3.44. The molecular formula is C11H15N5O2S. The van der Waals surface area contributed by atoms with Crippen molar-refractivity contribution >= 4 is 21.7 Å². The molecule has 0 fully saturated rings. The summed E-state index contributed by atoms with van der Waals surface area (Å²) in [6, 6.07) is 4.91. The summed E-state index contributed by atoms with van der Waals surface area (Å²) < 4.78 is 26.5. The molecule has 0 atom stereocenters.